The van der Waals surface area contributed by atoms with Crippen LogP contribution < -0.4 is 15.5 Å². The van der Waals surface area contributed by atoms with Crippen molar-refractivity contribution in [3.05, 3.63) is 59.7 Å². The first-order valence-corrected chi connectivity index (χ1v) is 10.8. The molecule has 2 heterocycles. The molecule has 0 saturated carbocycles. The minimum atomic E-state index is -0.667. The van der Waals surface area contributed by atoms with E-state index in [4.69, 9.17) is 4.42 Å². The molecule has 1 atom stereocenters. The number of allylic oxidation sites excluding steroid dienone is 1. The summed E-state index contributed by atoms with van der Waals surface area (Å²) >= 11 is 0. The Balaban J connectivity index is 1.76. The number of nitrogens with one attached hydrogen (secondary N) is 2. The summed E-state index contributed by atoms with van der Waals surface area (Å²) in [4.78, 5) is 40.3. The topological polar surface area (TPSA) is 91.7 Å². The van der Waals surface area contributed by atoms with E-state index in [1.54, 1.807) is 23.3 Å². The van der Waals surface area contributed by atoms with E-state index >= 15 is 0 Å². The molecule has 162 valence electrons. The number of carbonyl (C=O) groups excluding carboxylic acids is 3. The molecule has 0 radical (unpaired) electrons. The largest absolute Gasteiger partial charge is 0.467 e. The van der Waals surface area contributed by atoms with E-state index in [-0.39, 0.29) is 30.4 Å². The lowest BCUT2D eigenvalue weighted by Gasteiger charge is -2.32. The molecule has 4 rings (SSSR count). The molecule has 7 heteroatoms. The maximum absolute atomic E-state index is 13.5. The first-order valence-electron chi connectivity index (χ1n) is 10.8. The van der Waals surface area contributed by atoms with Crippen LogP contribution in [-0.2, 0) is 14.4 Å². The molecule has 1 unspecified atom stereocenters. The van der Waals surface area contributed by atoms with Gasteiger partial charge in [-0.2, -0.15) is 0 Å². The summed E-state index contributed by atoms with van der Waals surface area (Å²) < 4.78 is 5.71. The smallest absolute Gasteiger partial charge is 0.228 e. The van der Waals surface area contributed by atoms with E-state index in [2.05, 4.69) is 10.6 Å². The number of Topliss-reactive ketones (excluding diaryl/α,β-unsaturated/α-hetero) is 1. The average molecular weight is 421 g/mol. The highest BCUT2D eigenvalue weighted by molar-refractivity contribution is 6.06. The third kappa shape index (κ3) is 4.26. The second-order valence-corrected chi connectivity index (χ2v) is 7.84. The number of ketones is 1. The minimum Gasteiger partial charge on any atom is -0.467 e. The van der Waals surface area contributed by atoms with Gasteiger partial charge in [0.05, 0.1) is 17.6 Å². The van der Waals surface area contributed by atoms with Gasteiger partial charge in [-0.3, -0.25) is 19.3 Å². The lowest BCUT2D eigenvalue weighted by molar-refractivity contribution is -0.125. The predicted molar refractivity (Wildman–Crippen MR) is 117 cm³/mol. The number of carbonyl (C=O) groups is 3. The van der Waals surface area contributed by atoms with Crippen LogP contribution in [0.3, 0.4) is 0 Å². The van der Waals surface area contributed by atoms with Crippen molar-refractivity contribution in [2.45, 2.75) is 51.5 Å². The maximum atomic E-state index is 13.5. The van der Waals surface area contributed by atoms with Gasteiger partial charge in [0.1, 0.15) is 11.8 Å². The third-order valence-electron chi connectivity index (χ3n) is 5.66. The second kappa shape index (κ2) is 9.20. The summed E-state index contributed by atoms with van der Waals surface area (Å²) in [6, 6.07) is 10.4. The molecule has 2 N–H and O–H groups in total. The zero-order chi connectivity index (χ0) is 21.8. The number of fused-ring (bicyclic) bond motifs is 1. The van der Waals surface area contributed by atoms with Gasteiger partial charge in [0, 0.05) is 37.1 Å². The Morgan fingerprint density at radius 1 is 1.16 bits per heavy atom. The van der Waals surface area contributed by atoms with Gasteiger partial charge in [0.15, 0.2) is 5.78 Å². The van der Waals surface area contributed by atoms with Crippen LogP contribution in [-0.4, -0.2) is 24.1 Å². The second-order valence-electron chi connectivity index (χ2n) is 7.84. The van der Waals surface area contributed by atoms with Gasteiger partial charge in [-0.15, -0.1) is 0 Å². The Labute approximate surface area is 181 Å². The molecule has 1 aliphatic heterocycles. The van der Waals surface area contributed by atoms with Crippen molar-refractivity contribution < 1.29 is 18.8 Å². The van der Waals surface area contributed by atoms with Crippen LogP contribution in [0.1, 0.15) is 57.3 Å². The van der Waals surface area contributed by atoms with Gasteiger partial charge in [0.2, 0.25) is 11.8 Å². The van der Waals surface area contributed by atoms with Gasteiger partial charge in [-0.25, -0.2) is 0 Å². The molecule has 1 aliphatic carbocycles. The first-order chi connectivity index (χ1) is 15.1. The Morgan fingerprint density at radius 2 is 2.00 bits per heavy atom. The first kappa shape index (κ1) is 20.9. The lowest BCUT2D eigenvalue weighted by atomic mass is 9.88. The van der Waals surface area contributed by atoms with E-state index in [1.807, 2.05) is 31.2 Å². The predicted octanol–water partition coefficient (Wildman–Crippen LogP) is 4.09. The summed E-state index contributed by atoms with van der Waals surface area (Å²) in [5.74, 6) is 0.167. The van der Waals surface area contributed by atoms with Crippen LogP contribution >= 0.6 is 0 Å². The number of anilines is 2. The van der Waals surface area contributed by atoms with E-state index in [0.29, 0.717) is 30.0 Å². The number of nitrogens with zero attached hydrogens (tertiary/aromatic N) is 1. The fraction of sp³-hybridized carbons (Fsp3) is 0.375. The Hall–Kier alpha value is -3.35. The molecule has 0 saturated heterocycles. The number of furan rings is 1. The fourth-order valence-electron chi connectivity index (χ4n) is 4.22. The molecule has 7 nitrogen and oxygen atoms in total. The highest BCUT2D eigenvalue weighted by Gasteiger charge is 2.40. The Morgan fingerprint density at radius 3 is 2.77 bits per heavy atom. The molecular weight excluding hydrogens is 394 g/mol. The van der Waals surface area contributed by atoms with Crippen molar-refractivity contribution in [3.63, 3.8) is 0 Å². The molecule has 31 heavy (non-hydrogen) atoms. The SMILES string of the molecule is CCCNC(=O)CCC(=O)N1c2ccccc2NC2=C(C(=O)CCC2)C1c1ccco1. The Bertz CT molecular complexity index is 1010. The summed E-state index contributed by atoms with van der Waals surface area (Å²) in [6.07, 6.45) is 4.46. The number of amides is 2. The Kier molecular flexibility index (Phi) is 6.21. The lowest BCUT2D eigenvalue weighted by Crippen LogP contribution is -2.38. The number of rotatable bonds is 6. The highest BCUT2D eigenvalue weighted by atomic mass is 16.3. The monoisotopic (exact) mass is 421 g/mol. The molecular formula is C24H27N3O4. The van der Waals surface area contributed by atoms with Gasteiger partial charge in [-0.1, -0.05) is 19.1 Å². The average Bonchev–Trinajstić information content (AvgIpc) is 3.25. The van der Waals surface area contributed by atoms with Crippen molar-refractivity contribution in [2.24, 2.45) is 0 Å². The van der Waals surface area contributed by atoms with Crippen LogP contribution in [0.4, 0.5) is 11.4 Å². The van der Waals surface area contributed by atoms with Crippen molar-refractivity contribution in [2.75, 3.05) is 16.8 Å². The summed E-state index contributed by atoms with van der Waals surface area (Å²) in [5, 5.41) is 6.21. The maximum Gasteiger partial charge on any atom is 0.228 e. The van der Waals surface area contributed by atoms with E-state index < -0.39 is 6.04 Å². The number of para-hydroxylation sites is 2. The quantitative estimate of drug-likeness (QED) is 0.733. The summed E-state index contributed by atoms with van der Waals surface area (Å²) in [5.41, 5.74) is 2.84. The molecule has 2 amide bonds. The number of benzene rings is 1. The molecule has 2 aliphatic rings. The highest BCUT2D eigenvalue weighted by Crippen LogP contribution is 2.45. The van der Waals surface area contributed by atoms with Crippen LogP contribution in [0, 0.1) is 0 Å². The van der Waals surface area contributed by atoms with Crippen LogP contribution in [0.25, 0.3) is 0 Å². The van der Waals surface area contributed by atoms with Crippen molar-refractivity contribution in [1.82, 2.24) is 5.32 Å². The van der Waals surface area contributed by atoms with Crippen LogP contribution in [0.2, 0.25) is 0 Å². The zero-order valence-electron chi connectivity index (χ0n) is 17.6. The number of hydrogen-bond acceptors (Lipinski definition) is 5. The van der Waals surface area contributed by atoms with Crippen LogP contribution in [0.15, 0.2) is 58.3 Å². The fourth-order valence-corrected chi connectivity index (χ4v) is 4.22. The van der Waals surface area contributed by atoms with Crippen LogP contribution in [0.5, 0.6) is 0 Å². The zero-order valence-corrected chi connectivity index (χ0v) is 17.6. The number of hydrogen-bond donors (Lipinski definition) is 2. The summed E-state index contributed by atoms with van der Waals surface area (Å²) in [6.45, 7) is 2.57. The van der Waals surface area contributed by atoms with Crippen molar-refractivity contribution in [1.29, 1.82) is 0 Å². The van der Waals surface area contributed by atoms with Gasteiger partial charge < -0.3 is 15.1 Å². The van der Waals surface area contributed by atoms with E-state index in [9.17, 15) is 14.4 Å². The molecule has 0 spiro atoms. The molecule has 1 aromatic heterocycles. The van der Waals surface area contributed by atoms with Gasteiger partial charge in [0.25, 0.3) is 0 Å². The molecule has 0 fully saturated rings. The normalized spacial score (nSPS) is 18.0. The third-order valence-corrected chi connectivity index (χ3v) is 5.66. The summed E-state index contributed by atoms with van der Waals surface area (Å²) in [7, 11) is 0. The van der Waals surface area contributed by atoms with E-state index in [1.165, 1.54) is 0 Å². The minimum absolute atomic E-state index is 0.0152. The molecule has 1 aromatic carbocycles. The molecule has 0 bridgehead atoms. The standard InChI is InChI=1S/C24H27N3O4/c1-2-14-25-21(29)12-13-22(30)27-18-9-4-3-7-16(18)26-17-8-5-10-19(28)23(17)24(27)20-11-6-15-31-20/h3-4,6-7,9,11,15,24,26H,2,5,8,10,12-14H2,1H3,(H,25,29). The van der Waals surface area contributed by atoms with Crippen molar-refractivity contribution >= 4 is 29.0 Å². The van der Waals surface area contributed by atoms with Gasteiger partial charge >= 0.3 is 0 Å². The van der Waals surface area contributed by atoms with Gasteiger partial charge in [-0.05, 0) is 43.5 Å². The van der Waals surface area contributed by atoms with E-state index in [0.717, 1.165) is 30.6 Å². The van der Waals surface area contributed by atoms with Crippen molar-refractivity contribution in [3.8, 4) is 0 Å². The molecule has 2 aromatic rings.